The van der Waals surface area contributed by atoms with Crippen molar-refractivity contribution in [3.63, 3.8) is 0 Å². The van der Waals surface area contributed by atoms with E-state index >= 15 is 0 Å². The van der Waals surface area contributed by atoms with Gasteiger partial charge in [0.15, 0.2) is 0 Å². The summed E-state index contributed by atoms with van der Waals surface area (Å²) in [5.41, 5.74) is -1.28. The molecule has 0 N–H and O–H groups in total. The highest BCUT2D eigenvalue weighted by Crippen LogP contribution is 2.45. The van der Waals surface area contributed by atoms with Crippen LogP contribution in [0.1, 0.15) is 53.9 Å². The molecule has 1 saturated heterocycles. The first-order valence-electron chi connectivity index (χ1n) is 9.61. The largest absolute Gasteiger partial charge is 0.444 e. The van der Waals surface area contributed by atoms with E-state index in [1.165, 1.54) is 18.2 Å². The summed E-state index contributed by atoms with van der Waals surface area (Å²) >= 11 is 0. The molecule has 7 nitrogen and oxygen atoms in total. The first-order valence-corrected chi connectivity index (χ1v) is 9.61. The number of hydrogen-bond donors (Lipinski definition) is 0. The van der Waals surface area contributed by atoms with Crippen molar-refractivity contribution in [3.05, 3.63) is 12.2 Å². The van der Waals surface area contributed by atoms with Crippen molar-refractivity contribution in [1.29, 1.82) is 0 Å². The van der Waals surface area contributed by atoms with Gasteiger partial charge in [-0.25, -0.2) is 9.86 Å². The van der Waals surface area contributed by atoms with Crippen LogP contribution in [0.4, 0.5) is 4.79 Å². The Morgan fingerprint density at radius 1 is 1.33 bits per heavy atom. The summed E-state index contributed by atoms with van der Waals surface area (Å²) in [6.45, 7) is 9.86. The minimum atomic E-state index is -0.712. The number of amides is 2. The minimum Gasteiger partial charge on any atom is -0.444 e. The Balaban J connectivity index is 2.13. The van der Waals surface area contributed by atoms with Gasteiger partial charge in [0.1, 0.15) is 11.3 Å². The Hall–Kier alpha value is -1.60. The second-order valence-electron chi connectivity index (χ2n) is 8.83. The van der Waals surface area contributed by atoms with Crippen LogP contribution in [0.5, 0.6) is 0 Å². The highest BCUT2D eigenvalue weighted by molar-refractivity contribution is 5.86. The maximum Gasteiger partial charge on any atom is 0.412 e. The van der Waals surface area contributed by atoms with Crippen molar-refractivity contribution in [2.75, 3.05) is 20.8 Å². The number of likely N-dealkylation sites (N-methyl/N-ethyl adjacent to an activating group) is 1. The van der Waals surface area contributed by atoms with Gasteiger partial charge >= 0.3 is 6.09 Å². The summed E-state index contributed by atoms with van der Waals surface area (Å²) in [5.74, 6) is 0.563. The van der Waals surface area contributed by atoms with Gasteiger partial charge in [0.2, 0.25) is 0 Å². The van der Waals surface area contributed by atoms with Gasteiger partial charge in [0, 0.05) is 13.1 Å². The molecule has 1 aliphatic carbocycles. The Labute approximate surface area is 162 Å². The second kappa shape index (κ2) is 8.19. The molecule has 2 atom stereocenters. The van der Waals surface area contributed by atoms with Gasteiger partial charge in [0.25, 0.3) is 5.91 Å². The van der Waals surface area contributed by atoms with E-state index in [1.807, 2.05) is 40.7 Å². The van der Waals surface area contributed by atoms with Crippen LogP contribution >= 0.6 is 0 Å². The van der Waals surface area contributed by atoms with E-state index in [4.69, 9.17) is 14.3 Å². The van der Waals surface area contributed by atoms with Gasteiger partial charge in [-0.15, -0.1) is 0 Å². The number of hydrogen-bond acceptors (Lipinski definition) is 5. The van der Waals surface area contributed by atoms with Crippen LogP contribution in [0.2, 0.25) is 0 Å². The highest BCUT2D eigenvalue weighted by Gasteiger charge is 2.51. The average molecular weight is 383 g/mol. The predicted molar refractivity (Wildman–Crippen MR) is 102 cm³/mol. The Morgan fingerprint density at radius 2 is 1.96 bits per heavy atom. The lowest BCUT2D eigenvalue weighted by Crippen LogP contribution is -2.52. The smallest absolute Gasteiger partial charge is 0.412 e. The first kappa shape index (κ1) is 21.7. The molecular weight excluding hydrogens is 348 g/mol. The summed E-state index contributed by atoms with van der Waals surface area (Å²) in [6, 6.07) is -0.0674. The van der Waals surface area contributed by atoms with E-state index in [9.17, 15) is 9.59 Å². The van der Waals surface area contributed by atoms with Crippen molar-refractivity contribution >= 4 is 12.0 Å². The maximum atomic E-state index is 12.9. The molecule has 1 heterocycles. The van der Waals surface area contributed by atoms with Gasteiger partial charge in [-0.05, 0) is 65.7 Å². The fraction of sp³-hybridized carbons (Fsp3) is 0.800. The summed E-state index contributed by atoms with van der Waals surface area (Å²) in [6.07, 6.45) is 6.04. The molecule has 0 unspecified atom stereocenters. The van der Waals surface area contributed by atoms with Gasteiger partial charge in [-0.1, -0.05) is 6.08 Å². The van der Waals surface area contributed by atoms with Crippen molar-refractivity contribution in [2.24, 2.45) is 11.8 Å². The van der Waals surface area contributed by atoms with Crippen molar-refractivity contribution in [2.45, 2.75) is 71.2 Å². The van der Waals surface area contributed by atoms with Crippen LogP contribution in [-0.2, 0) is 19.1 Å². The molecule has 0 radical (unpaired) electrons. The third kappa shape index (κ3) is 5.69. The number of carbonyl (C=O) groups excluding carboxylic acids is 2. The van der Waals surface area contributed by atoms with E-state index in [0.717, 1.165) is 12.8 Å². The molecule has 0 aromatic carbocycles. The molecule has 1 saturated carbocycles. The molecule has 2 rings (SSSR count). The van der Waals surface area contributed by atoms with Crippen molar-refractivity contribution in [1.82, 2.24) is 9.96 Å². The standard InChI is InChI=1S/C20H34N2O5/c1-19(2,3)27-18(24)22-16(13-26-20(22,4)5)15(14-11-12-14)9-8-10-17(23)21(6)25-7/h8,10,14-16H,9,11-13H2,1-7H3/t15-,16-/m0/s1. The monoisotopic (exact) mass is 382 g/mol. The molecule has 27 heavy (non-hydrogen) atoms. The quantitative estimate of drug-likeness (QED) is 0.520. The maximum absolute atomic E-state index is 12.9. The van der Waals surface area contributed by atoms with Crippen LogP contribution in [0, 0.1) is 11.8 Å². The van der Waals surface area contributed by atoms with E-state index in [1.54, 1.807) is 11.9 Å². The first-order chi connectivity index (χ1) is 12.5. The molecule has 7 heteroatoms. The number of nitrogens with zero attached hydrogens (tertiary/aromatic N) is 2. The normalized spacial score (nSPS) is 23.5. The summed E-state index contributed by atoms with van der Waals surface area (Å²) in [5, 5.41) is 1.18. The topological polar surface area (TPSA) is 68.3 Å². The summed E-state index contributed by atoms with van der Waals surface area (Å²) in [7, 11) is 3.03. The highest BCUT2D eigenvalue weighted by atomic mass is 16.7. The third-order valence-corrected chi connectivity index (χ3v) is 5.08. The molecular formula is C20H34N2O5. The molecule has 0 aromatic heterocycles. The van der Waals surface area contributed by atoms with Gasteiger partial charge in [-0.3, -0.25) is 14.5 Å². The lowest BCUT2D eigenvalue weighted by Gasteiger charge is -2.37. The average Bonchev–Trinajstić information content (AvgIpc) is 3.32. The fourth-order valence-electron chi connectivity index (χ4n) is 3.52. The van der Waals surface area contributed by atoms with Crippen LogP contribution in [0.25, 0.3) is 0 Å². The van der Waals surface area contributed by atoms with E-state index in [0.29, 0.717) is 18.9 Å². The van der Waals surface area contributed by atoms with Crippen LogP contribution < -0.4 is 0 Å². The number of hydroxylamine groups is 2. The van der Waals surface area contributed by atoms with E-state index < -0.39 is 11.3 Å². The minimum absolute atomic E-state index is 0.0674. The lowest BCUT2D eigenvalue weighted by atomic mass is 9.90. The molecule has 2 amide bonds. The van der Waals surface area contributed by atoms with Gasteiger partial charge in [-0.2, -0.15) is 0 Å². The van der Waals surface area contributed by atoms with Crippen molar-refractivity contribution in [3.8, 4) is 0 Å². The zero-order valence-electron chi connectivity index (χ0n) is 17.7. The number of carbonyl (C=O) groups is 2. The zero-order chi connectivity index (χ0) is 20.4. The Bertz CT molecular complexity index is 577. The molecule has 1 aliphatic heterocycles. The molecule has 2 aliphatic rings. The molecule has 0 spiro atoms. The molecule has 2 fully saturated rings. The second-order valence-corrected chi connectivity index (χ2v) is 8.83. The predicted octanol–water partition coefficient (Wildman–Crippen LogP) is 3.35. The van der Waals surface area contributed by atoms with Gasteiger partial charge < -0.3 is 9.47 Å². The van der Waals surface area contributed by atoms with E-state index in [2.05, 4.69) is 0 Å². The Morgan fingerprint density at radius 3 is 2.48 bits per heavy atom. The summed E-state index contributed by atoms with van der Waals surface area (Å²) < 4.78 is 11.6. The van der Waals surface area contributed by atoms with E-state index in [-0.39, 0.29) is 24.0 Å². The van der Waals surface area contributed by atoms with Gasteiger partial charge in [0.05, 0.1) is 19.8 Å². The summed E-state index contributed by atoms with van der Waals surface area (Å²) in [4.78, 5) is 31.4. The lowest BCUT2D eigenvalue weighted by molar-refractivity contribution is -0.162. The molecule has 154 valence electrons. The van der Waals surface area contributed by atoms with Crippen molar-refractivity contribution < 1.29 is 23.9 Å². The molecule has 0 aromatic rings. The van der Waals surface area contributed by atoms with Crippen LogP contribution in [0.15, 0.2) is 12.2 Å². The number of ether oxygens (including phenoxy) is 2. The third-order valence-electron chi connectivity index (χ3n) is 5.08. The fourth-order valence-corrected chi connectivity index (χ4v) is 3.52. The number of allylic oxidation sites excluding steroid dienone is 1. The SMILES string of the molecule is CON(C)C(=O)C=CC[C@@H](C1CC1)[C@@H]1COC(C)(C)N1C(=O)OC(C)(C)C. The number of rotatable bonds is 6. The molecule has 0 bridgehead atoms. The van der Waals surface area contributed by atoms with Crippen LogP contribution in [-0.4, -0.2) is 60.1 Å². The van der Waals surface area contributed by atoms with Crippen LogP contribution in [0.3, 0.4) is 0 Å². The Kier molecular flexibility index (Phi) is 6.58. The zero-order valence-corrected chi connectivity index (χ0v) is 17.7.